The van der Waals surface area contributed by atoms with E-state index in [0.29, 0.717) is 12.6 Å². The Hall–Kier alpha value is -1.61. The predicted octanol–water partition coefficient (Wildman–Crippen LogP) is 3.17. The monoisotopic (exact) mass is 258 g/mol. The summed E-state index contributed by atoms with van der Waals surface area (Å²) in [5, 5.41) is 4.57. The van der Waals surface area contributed by atoms with Gasteiger partial charge in [-0.25, -0.2) is 0 Å². The summed E-state index contributed by atoms with van der Waals surface area (Å²) < 4.78 is 5.53. The first kappa shape index (κ1) is 13.8. The minimum atomic E-state index is 0.526. The number of rotatable bonds is 6. The van der Waals surface area contributed by atoms with Gasteiger partial charge in [0.2, 0.25) is 0 Å². The Morgan fingerprint density at radius 3 is 2.84 bits per heavy atom. The van der Waals surface area contributed by atoms with Gasteiger partial charge in [0.15, 0.2) is 0 Å². The van der Waals surface area contributed by atoms with Crippen LogP contribution in [0.1, 0.15) is 26.3 Å². The molecule has 2 aromatic rings. The molecule has 0 radical (unpaired) electrons. The van der Waals surface area contributed by atoms with Crippen molar-refractivity contribution in [3.8, 4) is 5.75 Å². The summed E-state index contributed by atoms with van der Waals surface area (Å²) in [5.74, 6) is 0.911. The Morgan fingerprint density at radius 2 is 2.11 bits per heavy atom. The minimum Gasteiger partial charge on any atom is -0.494 e. The SMILES string of the molecule is CCOc1ccc2ncc(CCNC(C)C)cc2c1. The van der Waals surface area contributed by atoms with E-state index >= 15 is 0 Å². The Bertz CT molecular complexity index is 537. The van der Waals surface area contributed by atoms with Crippen LogP contribution in [0.25, 0.3) is 10.9 Å². The van der Waals surface area contributed by atoms with E-state index < -0.39 is 0 Å². The predicted molar refractivity (Wildman–Crippen MR) is 79.8 cm³/mol. The molecule has 1 aromatic heterocycles. The highest BCUT2D eigenvalue weighted by molar-refractivity contribution is 5.80. The zero-order valence-electron chi connectivity index (χ0n) is 11.9. The van der Waals surface area contributed by atoms with Gasteiger partial charge in [-0.05, 0) is 49.7 Å². The van der Waals surface area contributed by atoms with E-state index in [0.717, 1.165) is 29.6 Å². The van der Waals surface area contributed by atoms with Gasteiger partial charge in [-0.2, -0.15) is 0 Å². The van der Waals surface area contributed by atoms with Crippen LogP contribution in [0.2, 0.25) is 0 Å². The van der Waals surface area contributed by atoms with Gasteiger partial charge in [0, 0.05) is 17.6 Å². The lowest BCUT2D eigenvalue weighted by Gasteiger charge is -2.09. The van der Waals surface area contributed by atoms with Gasteiger partial charge in [-0.3, -0.25) is 4.98 Å². The highest BCUT2D eigenvalue weighted by atomic mass is 16.5. The molecule has 0 aliphatic rings. The zero-order valence-corrected chi connectivity index (χ0v) is 11.9. The lowest BCUT2D eigenvalue weighted by atomic mass is 10.1. The molecule has 0 aliphatic heterocycles. The van der Waals surface area contributed by atoms with E-state index in [2.05, 4.69) is 36.3 Å². The zero-order chi connectivity index (χ0) is 13.7. The van der Waals surface area contributed by atoms with E-state index in [-0.39, 0.29) is 0 Å². The first-order valence-corrected chi connectivity index (χ1v) is 6.94. The van der Waals surface area contributed by atoms with E-state index in [9.17, 15) is 0 Å². The van der Waals surface area contributed by atoms with Crippen molar-refractivity contribution in [2.45, 2.75) is 33.2 Å². The molecule has 3 nitrogen and oxygen atoms in total. The standard InChI is InChI=1S/C16H22N2O/c1-4-19-15-5-6-16-14(10-15)9-13(11-18-16)7-8-17-12(2)3/h5-6,9-12,17H,4,7-8H2,1-3H3. The quantitative estimate of drug-likeness (QED) is 0.864. The molecule has 0 spiro atoms. The van der Waals surface area contributed by atoms with Gasteiger partial charge in [0.05, 0.1) is 12.1 Å². The fourth-order valence-electron chi connectivity index (χ4n) is 2.05. The first-order chi connectivity index (χ1) is 9.19. The van der Waals surface area contributed by atoms with Crippen molar-refractivity contribution >= 4 is 10.9 Å². The second-order valence-electron chi connectivity index (χ2n) is 4.99. The number of nitrogens with one attached hydrogen (secondary N) is 1. The molecule has 0 aliphatic carbocycles. The van der Waals surface area contributed by atoms with E-state index in [4.69, 9.17) is 4.74 Å². The summed E-state index contributed by atoms with van der Waals surface area (Å²) in [5.41, 5.74) is 2.28. The molecule has 0 saturated heterocycles. The van der Waals surface area contributed by atoms with Gasteiger partial charge < -0.3 is 10.1 Å². The molecular weight excluding hydrogens is 236 g/mol. The molecule has 0 fully saturated rings. The molecule has 0 saturated carbocycles. The van der Waals surface area contributed by atoms with Crippen LogP contribution in [0.4, 0.5) is 0 Å². The number of ether oxygens (including phenoxy) is 1. The van der Waals surface area contributed by atoms with Crippen molar-refractivity contribution in [2.24, 2.45) is 0 Å². The van der Waals surface area contributed by atoms with Gasteiger partial charge in [-0.15, -0.1) is 0 Å². The number of aromatic nitrogens is 1. The highest BCUT2D eigenvalue weighted by Gasteiger charge is 2.01. The molecule has 0 amide bonds. The third-order valence-electron chi connectivity index (χ3n) is 2.99. The van der Waals surface area contributed by atoms with Crippen molar-refractivity contribution in [3.63, 3.8) is 0 Å². The molecular formula is C16H22N2O. The second-order valence-corrected chi connectivity index (χ2v) is 4.99. The van der Waals surface area contributed by atoms with Crippen LogP contribution in [0.3, 0.4) is 0 Å². The third kappa shape index (κ3) is 3.93. The smallest absolute Gasteiger partial charge is 0.120 e. The first-order valence-electron chi connectivity index (χ1n) is 6.94. The van der Waals surface area contributed by atoms with Gasteiger partial charge in [0.25, 0.3) is 0 Å². The van der Waals surface area contributed by atoms with E-state index in [1.807, 2.05) is 25.3 Å². The molecule has 1 N–H and O–H groups in total. The molecule has 1 aromatic carbocycles. The number of hydrogen-bond donors (Lipinski definition) is 1. The summed E-state index contributed by atoms with van der Waals surface area (Å²) >= 11 is 0. The Labute approximate surface area is 115 Å². The van der Waals surface area contributed by atoms with E-state index in [1.54, 1.807) is 0 Å². The molecule has 0 bridgehead atoms. The normalized spacial score (nSPS) is 11.2. The fourth-order valence-corrected chi connectivity index (χ4v) is 2.05. The Morgan fingerprint density at radius 1 is 1.26 bits per heavy atom. The molecule has 19 heavy (non-hydrogen) atoms. The lowest BCUT2D eigenvalue weighted by Crippen LogP contribution is -2.24. The largest absolute Gasteiger partial charge is 0.494 e. The van der Waals surface area contributed by atoms with Crippen LogP contribution in [0, 0.1) is 0 Å². The highest BCUT2D eigenvalue weighted by Crippen LogP contribution is 2.20. The van der Waals surface area contributed by atoms with Crippen molar-refractivity contribution in [1.82, 2.24) is 10.3 Å². The molecule has 2 rings (SSSR count). The second kappa shape index (κ2) is 6.53. The number of hydrogen-bond acceptors (Lipinski definition) is 3. The van der Waals surface area contributed by atoms with E-state index in [1.165, 1.54) is 5.56 Å². The number of benzene rings is 1. The maximum Gasteiger partial charge on any atom is 0.120 e. The summed E-state index contributed by atoms with van der Waals surface area (Å²) in [6.07, 6.45) is 2.96. The summed E-state index contributed by atoms with van der Waals surface area (Å²) in [4.78, 5) is 4.50. The van der Waals surface area contributed by atoms with Gasteiger partial charge in [0.1, 0.15) is 5.75 Å². The number of fused-ring (bicyclic) bond motifs is 1. The average molecular weight is 258 g/mol. The molecule has 3 heteroatoms. The third-order valence-corrected chi connectivity index (χ3v) is 2.99. The van der Waals surface area contributed by atoms with Crippen molar-refractivity contribution < 1.29 is 4.74 Å². The molecule has 0 atom stereocenters. The van der Waals surface area contributed by atoms with Crippen LogP contribution >= 0.6 is 0 Å². The summed E-state index contributed by atoms with van der Waals surface area (Å²) in [6, 6.07) is 8.77. The van der Waals surface area contributed by atoms with Crippen molar-refractivity contribution in [3.05, 3.63) is 36.0 Å². The Kier molecular flexibility index (Phi) is 4.74. The van der Waals surface area contributed by atoms with Crippen LogP contribution in [-0.2, 0) is 6.42 Å². The van der Waals surface area contributed by atoms with Gasteiger partial charge >= 0.3 is 0 Å². The van der Waals surface area contributed by atoms with Crippen LogP contribution in [0.5, 0.6) is 5.75 Å². The topological polar surface area (TPSA) is 34.1 Å². The Balaban J connectivity index is 2.13. The molecule has 1 heterocycles. The van der Waals surface area contributed by atoms with Crippen molar-refractivity contribution in [2.75, 3.05) is 13.2 Å². The maximum atomic E-state index is 5.53. The number of nitrogens with zero attached hydrogens (tertiary/aromatic N) is 1. The summed E-state index contributed by atoms with van der Waals surface area (Å²) in [6.45, 7) is 7.99. The fraction of sp³-hybridized carbons (Fsp3) is 0.438. The van der Waals surface area contributed by atoms with Crippen LogP contribution < -0.4 is 10.1 Å². The minimum absolute atomic E-state index is 0.526. The molecule has 102 valence electrons. The summed E-state index contributed by atoms with van der Waals surface area (Å²) in [7, 11) is 0. The van der Waals surface area contributed by atoms with Crippen molar-refractivity contribution in [1.29, 1.82) is 0 Å². The number of pyridine rings is 1. The van der Waals surface area contributed by atoms with Crippen LogP contribution in [0.15, 0.2) is 30.5 Å². The molecule has 0 unspecified atom stereocenters. The van der Waals surface area contributed by atoms with Gasteiger partial charge in [-0.1, -0.05) is 13.8 Å². The lowest BCUT2D eigenvalue weighted by molar-refractivity contribution is 0.340. The maximum absolute atomic E-state index is 5.53. The van der Waals surface area contributed by atoms with Crippen LogP contribution in [-0.4, -0.2) is 24.2 Å². The average Bonchev–Trinajstić information content (AvgIpc) is 2.38.